The predicted octanol–water partition coefficient (Wildman–Crippen LogP) is 4.06. The second kappa shape index (κ2) is 8.89. The summed E-state index contributed by atoms with van der Waals surface area (Å²) in [6.45, 7) is 5.98. The number of allylic oxidation sites excluding steroid dienone is 1. The lowest BCUT2D eigenvalue weighted by Crippen LogP contribution is -2.26. The fourth-order valence-electron chi connectivity index (χ4n) is 3.37. The molecule has 2 heterocycles. The highest BCUT2D eigenvalue weighted by Gasteiger charge is 2.23. The second-order valence-electron chi connectivity index (χ2n) is 6.72. The molecule has 0 fully saturated rings. The smallest absolute Gasteiger partial charge is 0.293 e. The van der Waals surface area contributed by atoms with Crippen LogP contribution < -0.4 is 9.80 Å². The molecule has 2 aromatic rings. The number of furan rings is 1. The van der Waals surface area contributed by atoms with Crippen molar-refractivity contribution in [3.8, 4) is 0 Å². The van der Waals surface area contributed by atoms with E-state index in [0.29, 0.717) is 18.1 Å². The third kappa shape index (κ3) is 4.17. The van der Waals surface area contributed by atoms with Crippen LogP contribution in [0.2, 0.25) is 0 Å². The molecule has 0 aliphatic carbocycles. The van der Waals surface area contributed by atoms with Crippen LogP contribution in [0.5, 0.6) is 0 Å². The van der Waals surface area contributed by atoms with Crippen LogP contribution in [0.1, 0.15) is 35.7 Å². The number of hydrogen-bond acceptors (Lipinski definition) is 5. The van der Waals surface area contributed by atoms with E-state index in [2.05, 4.69) is 22.0 Å². The summed E-state index contributed by atoms with van der Waals surface area (Å²) in [6.07, 6.45) is 4.85. The topological polar surface area (TPSA) is 58.3 Å². The molecule has 1 aliphatic rings. The van der Waals surface area contributed by atoms with Gasteiger partial charge in [-0.25, -0.2) is 0 Å². The van der Waals surface area contributed by atoms with Crippen LogP contribution in [0.4, 0.5) is 11.4 Å². The van der Waals surface area contributed by atoms with Crippen LogP contribution in [0.25, 0.3) is 0 Å². The molecule has 0 unspecified atom stereocenters. The van der Waals surface area contributed by atoms with Gasteiger partial charge in [-0.15, -0.1) is 0 Å². The summed E-state index contributed by atoms with van der Waals surface area (Å²) >= 11 is 0. The summed E-state index contributed by atoms with van der Waals surface area (Å²) in [4.78, 5) is 21.2. The summed E-state index contributed by atoms with van der Waals surface area (Å²) in [5.41, 5.74) is 4.32. The van der Waals surface area contributed by atoms with Gasteiger partial charge in [-0.3, -0.25) is 9.79 Å². The minimum atomic E-state index is -0.184. The largest absolute Gasteiger partial charge is 0.453 e. The number of ether oxygens (including phenoxy) is 1. The van der Waals surface area contributed by atoms with Gasteiger partial charge in [0.1, 0.15) is 12.4 Å². The van der Waals surface area contributed by atoms with E-state index in [0.717, 1.165) is 36.6 Å². The average molecular weight is 381 g/mol. The van der Waals surface area contributed by atoms with Gasteiger partial charge < -0.3 is 19.0 Å². The Morgan fingerprint density at radius 2 is 2.14 bits per heavy atom. The molecule has 0 N–H and O–H groups in total. The summed E-state index contributed by atoms with van der Waals surface area (Å²) in [7, 11) is 3.36. The molecule has 6 heteroatoms. The highest BCUT2D eigenvalue weighted by Crippen LogP contribution is 2.33. The van der Waals surface area contributed by atoms with Crippen molar-refractivity contribution in [1.82, 2.24) is 0 Å². The van der Waals surface area contributed by atoms with Crippen LogP contribution >= 0.6 is 0 Å². The number of rotatable bonds is 7. The summed E-state index contributed by atoms with van der Waals surface area (Å²) in [6, 6.07) is 9.61. The lowest BCUT2D eigenvalue weighted by molar-refractivity contribution is 0.0957. The van der Waals surface area contributed by atoms with E-state index >= 15 is 0 Å². The van der Waals surface area contributed by atoms with Gasteiger partial charge in [0, 0.05) is 38.3 Å². The first-order chi connectivity index (χ1) is 13.6. The standard InChI is InChI=1S/C22H27N3O3/c1-5-17(23-6-2)14-25-12-11-16-7-8-18(13-20(16)25)24(3)22(26)21-10-9-19(28-21)15-27-4/h5-10,13H,11-12,14-15H2,1-4H3/b17-5-,23-6?. The van der Waals surface area contributed by atoms with Crippen LogP contribution in [0, 0.1) is 0 Å². The predicted molar refractivity (Wildman–Crippen MR) is 112 cm³/mol. The number of fused-ring (bicyclic) bond motifs is 1. The molecule has 1 aromatic heterocycles. The number of anilines is 2. The fourth-order valence-corrected chi connectivity index (χ4v) is 3.37. The van der Waals surface area contributed by atoms with E-state index in [1.54, 1.807) is 31.2 Å². The minimum absolute atomic E-state index is 0.184. The Hall–Kier alpha value is -2.86. The molecule has 28 heavy (non-hydrogen) atoms. The Bertz CT molecular complexity index is 898. The van der Waals surface area contributed by atoms with Gasteiger partial charge >= 0.3 is 0 Å². The van der Waals surface area contributed by atoms with Gasteiger partial charge in [0.2, 0.25) is 0 Å². The second-order valence-corrected chi connectivity index (χ2v) is 6.72. The number of hydrogen-bond donors (Lipinski definition) is 0. The van der Waals surface area contributed by atoms with Gasteiger partial charge in [-0.05, 0) is 50.1 Å². The van der Waals surface area contributed by atoms with Crippen LogP contribution in [0.3, 0.4) is 0 Å². The molecule has 0 spiro atoms. The lowest BCUT2D eigenvalue weighted by atomic mass is 10.1. The molecule has 0 radical (unpaired) electrons. The first kappa shape index (κ1) is 19.9. The first-order valence-corrected chi connectivity index (χ1v) is 9.44. The van der Waals surface area contributed by atoms with E-state index in [-0.39, 0.29) is 5.91 Å². The molecular formula is C22H27N3O3. The maximum absolute atomic E-state index is 12.8. The Balaban J connectivity index is 1.80. The normalized spacial score (nSPS) is 14.0. The molecule has 1 amide bonds. The molecule has 1 aliphatic heterocycles. The number of carbonyl (C=O) groups is 1. The van der Waals surface area contributed by atoms with Gasteiger partial charge in [-0.1, -0.05) is 12.1 Å². The van der Waals surface area contributed by atoms with Crippen molar-refractivity contribution in [1.29, 1.82) is 0 Å². The highest BCUT2D eigenvalue weighted by molar-refractivity contribution is 6.04. The highest BCUT2D eigenvalue weighted by atomic mass is 16.5. The Morgan fingerprint density at radius 1 is 1.32 bits per heavy atom. The SMILES string of the molecule is CC=N/C(=C\C)CN1CCc2ccc(N(C)C(=O)c3ccc(COC)o3)cc21. The number of carbonyl (C=O) groups excluding carboxylic acids is 1. The third-order valence-electron chi connectivity index (χ3n) is 4.89. The maximum atomic E-state index is 12.8. The van der Waals surface area contributed by atoms with Crippen molar-refractivity contribution in [2.45, 2.75) is 26.9 Å². The number of nitrogens with zero attached hydrogens (tertiary/aromatic N) is 3. The quantitative estimate of drug-likeness (QED) is 0.679. The van der Waals surface area contributed by atoms with E-state index in [1.807, 2.05) is 32.2 Å². The van der Waals surface area contributed by atoms with Crippen molar-refractivity contribution in [2.24, 2.45) is 4.99 Å². The van der Waals surface area contributed by atoms with Crippen LogP contribution in [-0.4, -0.2) is 39.4 Å². The summed E-state index contributed by atoms with van der Waals surface area (Å²) in [5.74, 6) is 0.756. The lowest BCUT2D eigenvalue weighted by Gasteiger charge is -2.22. The molecule has 1 aromatic carbocycles. The van der Waals surface area contributed by atoms with Crippen LogP contribution in [0.15, 0.2) is 51.5 Å². The molecule has 3 rings (SSSR count). The van der Waals surface area contributed by atoms with Gasteiger partial charge in [0.25, 0.3) is 5.91 Å². The van der Waals surface area contributed by atoms with Crippen molar-refractivity contribution in [3.05, 3.63) is 59.2 Å². The monoisotopic (exact) mass is 381 g/mol. The zero-order chi connectivity index (χ0) is 20.1. The number of benzene rings is 1. The number of aliphatic imine (C=N–C) groups is 1. The molecule has 6 nitrogen and oxygen atoms in total. The fraction of sp³-hybridized carbons (Fsp3) is 0.364. The minimum Gasteiger partial charge on any atom is -0.453 e. The Morgan fingerprint density at radius 3 is 2.86 bits per heavy atom. The van der Waals surface area contributed by atoms with E-state index in [4.69, 9.17) is 9.15 Å². The van der Waals surface area contributed by atoms with E-state index in [9.17, 15) is 4.79 Å². The summed E-state index contributed by atoms with van der Waals surface area (Å²) < 4.78 is 10.6. The van der Waals surface area contributed by atoms with Gasteiger partial charge in [-0.2, -0.15) is 0 Å². The molecular weight excluding hydrogens is 354 g/mol. The average Bonchev–Trinajstić information content (AvgIpc) is 3.33. The molecule has 0 bridgehead atoms. The zero-order valence-electron chi connectivity index (χ0n) is 16.9. The van der Waals surface area contributed by atoms with Crippen molar-refractivity contribution in [3.63, 3.8) is 0 Å². The third-order valence-corrected chi connectivity index (χ3v) is 4.89. The Kier molecular flexibility index (Phi) is 6.31. The molecule has 148 valence electrons. The molecule has 0 atom stereocenters. The first-order valence-electron chi connectivity index (χ1n) is 9.44. The molecule has 0 saturated carbocycles. The molecule has 0 saturated heterocycles. The van der Waals surface area contributed by atoms with Crippen molar-refractivity contribution in [2.75, 3.05) is 37.0 Å². The number of amides is 1. The van der Waals surface area contributed by atoms with Crippen LogP contribution in [-0.2, 0) is 17.8 Å². The van der Waals surface area contributed by atoms with Gasteiger partial charge in [0.05, 0.1) is 12.2 Å². The maximum Gasteiger partial charge on any atom is 0.293 e. The zero-order valence-corrected chi connectivity index (χ0v) is 16.9. The van der Waals surface area contributed by atoms with Crippen molar-refractivity contribution >= 4 is 23.5 Å². The van der Waals surface area contributed by atoms with E-state index < -0.39 is 0 Å². The Labute approximate surface area is 166 Å². The number of methoxy groups -OCH3 is 1. The van der Waals surface area contributed by atoms with E-state index in [1.165, 1.54) is 5.56 Å². The van der Waals surface area contributed by atoms with Gasteiger partial charge in [0.15, 0.2) is 5.76 Å². The van der Waals surface area contributed by atoms with Crippen molar-refractivity contribution < 1.29 is 13.9 Å². The summed E-state index contributed by atoms with van der Waals surface area (Å²) in [5, 5.41) is 0.